The van der Waals surface area contributed by atoms with Gasteiger partial charge in [0.15, 0.2) is 0 Å². The maximum Gasteiger partial charge on any atom is 0.0230 e. The standard InChI is InChI=1S/C7H12.CHO.CH4.2CH3.2Y/c1-5-6-7(2,3)4;1-2;;;;;/h1-4H3;1H;1H4;2*1H3;;/q;-1;;2*-1;;. The molecule has 0 aliphatic rings. The average Bonchev–Trinajstić information content (AvgIpc) is 1.69. The number of hydrogen-bond donors (Lipinski definition) is 0. The Morgan fingerprint density at radius 3 is 1.21 bits per heavy atom. The Balaban J connectivity index is -0.0000000132. The molecule has 0 aromatic heterocycles. The summed E-state index contributed by atoms with van der Waals surface area (Å²) in [4.78, 5) is 7.75. The number of rotatable bonds is 0. The van der Waals surface area contributed by atoms with Gasteiger partial charge in [0.05, 0.1) is 0 Å². The monoisotopic (exact) mass is 349 g/mol. The largest absolute Gasteiger partial charge is 0.545 e. The van der Waals surface area contributed by atoms with E-state index in [9.17, 15) is 0 Å². The maximum atomic E-state index is 7.75. The molecule has 14 heavy (non-hydrogen) atoms. The van der Waals surface area contributed by atoms with E-state index in [0.29, 0.717) is 0 Å². The van der Waals surface area contributed by atoms with Gasteiger partial charge in [-0.3, -0.25) is 6.79 Å². The van der Waals surface area contributed by atoms with Gasteiger partial charge in [-0.1, -0.05) is 13.3 Å². The SMILES string of the molecule is C.CC#CC(C)(C)C.[CH-]=O.[CH3-].[CH3-].[Y].[Y]. The summed E-state index contributed by atoms with van der Waals surface area (Å²) in [6, 6.07) is 0. The van der Waals surface area contributed by atoms with Gasteiger partial charge < -0.3 is 19.6 Å². The van der Waals surface area contributed by atoms with Gasteiger partial charge in [-0.15, -0.1) is 5.92 Å². The molecule has 0 amide bonds. The minimum Gasteiger partial charge on any atom is -0.545 e. The van der Waals surface area contributed by atoms with Crippen molar-refractivity contribution in [3.8, 4) is 11.8 Å². The molecule has 0 bridgehead atoms. The van der Waals surface area contributed by atoms with Crippen molar-refractivity contribution in [3.63, 3.8) is 0 Å². The molecular weight excluding hydrogens is 326 g/mol. The summed E-state index contributed by atoms with van der Waals surface area (Å²) in [7, 11) is 0. The van der Waals surface area contributed by atoms with Gasteiger partial charge in [-0.05, 0) is 27.7 Å². The van der Waals surface area contributed by atoms with Crippen LogP contribution in [0, 0.1) is 32.1 Å². The Labute approximate surface area is 142 Å². The van der Waals surface area contributed by atoms with Crippen molar-refractivity contribution in [1.82, 2.24) is 0 Å². The van der Waals surface area contributed by atoms with E-state index in [1.54, 1.807) is 0 Å². The van der Waals surface area contributed by atoms with Crippen LogP contribution in [0.25, 0.3) is 0 Å². The predicted octanol–water partition coefficient (Wildman–Crippen LogP) is 3.31. The molecule has 3 heteroatoms. The molecule has 0 spiro atoms. The van der Waals surface area contributed by atoms with Crippen molar-refractivity contribution in [1.29, 1.82) is 0 Å². The van der Waals surface area contributed by atoms with Crippen molar-refractivity contribution in [2.75, 3.05) is 0 Å². The second-order valence-corrected chi connectivity index (χ2v) is 2.62. The molecule has 0 rings (SSSR count). The summed E-state index contributed by atoms with van der Waals surface area (Å²) in [6.07, 6.45) is 0. The zero-order chi connectivity index (χ0) is 7.91. The molecule has 0 saturated carbocycles. The van der Waals surface area contributed by atoms with Crippen molar-refractivity contribution in [3.05, 3.63) is 14.9 Å². The second-order valence-electron chi connectivity index (χ2n) is 2.62. The van der Waals surface area contributed by atoms with Crippen molar-refractivity contribution in [2.24, 2.45) is 5.41 Å². The molecule has 0 atom stereocenters. The van der Waals surface area contributed by atoms with E-state index >= 15 is 0 Å². The van der Waals surface area contributed by atoms with Crippen LogP contribution < -0.4 is 0 Å². The van der Waals surface area contributed by atoms with Gasteiger partial charge in [0.1, 0.15) is 0 Å². The average molecular weight is 349 g/mol. The van der Waals surface area contributed by atoms with Crippen LogP contribution in [0.5, 0.6) is 0 Å². The minimum absolute atomic E-state index is 0. The molecule has 0 N–H and O–H groups in total. The zero-order valence-corrected chi connectivity index (χ0v) is 15.3. The summed E-state index contributed by atoms with van der Waals surface area (Å²) in [5.41, 5.74) is 0.189. The van der Waals surface area contributed by atoms with Gasteiger partial charge in [-0.25, -0.2) is 0 Å². The summed E-state index contributed by atoms with van der Waals surface area (Å²) >= 11 is 0. The van der Waals surface area contributed by atoms with Gasteiger partial charge in [-0.2, -0.15) is 0 Å². The Bertz CT molecular complexity index is 117. The first-order valence-electron chi connectivity index (χ1n) is 2.74. The van der Waals surface area contributed by atoms with Crippen molar-refractivity contribution in [2.45, 2.75) is 35.1 Å². The quantitative estimate of drug-likeness (QED) is 0.373. The van der Waals surface area contributed by atoms with E-state index in [2.05, 4.69) is 39.4 Å². The fourth-order valence-electron chi connectivity index (χ4n) is 0.375. The first-order valence-corrected chi connectivity index (χ1v) is 2.74. The Morgan fingerprint density at radius 2 is 1.21 bits per heavy atom. The van der Waals surface area contributed by atoms with Crippen LogP contribution in [0.2, 0.25) is 0 Å². The third-order valence-corrected chi connectivity index (χ3v) is 0.500. The fraction of sp³-hybridized carbons (Fsp3) is 0.545. The maximum absolute atomic E-state index is 7.75. The topological polar surface area (TPSA) is 17.1 Å². The molecule has 0 unspecified atom stereocenters. The van der Waals surface area contributed by atoms with Gasteiger partial charge in [0, 0.05) is 70.8 Å². The normalized spacial score (nSPS) is 5.14. The molecule has 0 heterocycles. The molecular formula is C11H23OY2-3. The third-order valence-electron chi connectivity index (χ3n) is 0.500. The summed E-state index contributed by atoms with van der Waals surface area (Å²) in [5.74, 6) is 5.89. The molecule has 2 radical (unpaired) electrons. The molecule has 82 valence electrons. The van der Waals surface area contributed by atoms with E-state index in [1.807, 2.05) is 6.92 Å². The number of carbonyl (C=O) groups excluding carboxylic acids is 1. The third kappa shape index (κ3) is 70.3. The van der Waals surface area contributed by atoms with E-state index in [0.717, 1.165) is 0 Å². The summed E-state index contributed by atoms with van der Waals surface area (Å²) in [5, 5.41) is 0. The van der Waals surface area contributed by atoms with Gasteiger partial charge in [0.25, 0.3) is 0 Å². The number of hydrogen-bond acceptors (Lipinski definition) is 1. The van der Waals surface area contributed by atoms with E-state index in [1.165, 1.54) is 0 Å². The van der Waals surface area contributed by atoms with Gasteiger partial charge in [0.2, 0.25) is 0 Å². The summed E-state index contributed by atoms with van der Waals surface area (Å²) < 4.78 is 0. The second kappa shape index (κ2) is 29.3. The Hall–Kier alpha value is 1.44. The van der Waals surface area contributed by atoms with Crippen LogP contribution in [0.15, 0.2) is 0 Å². The fourth-order valence-corrected chi connectivity index (χ4v) is 0.375. The van der Waals surface area contributed by atoms with Crippen LogP contribution >= 0.6 is 0 Å². The molecule has 0 aromatic carbocycles. The first-order chi connectivity index (χ1) is 4.06. The molecule has 1 nitrogen and oxygen atoms in total. The van der Waals surface area contributed by atoms with E-state index in [4.69, 9.17) is 4.79 Å². The van der Waals surface area contributed by atoms with Gasteiger partial charge >= 0.3 is 0 Å². The van der Waals surface area contributed by atoms with Crippen LogP contribution in [0.3, 0.4) is 0 Å². The zero-order valence-electron chi connectivity index (χ0n) is 9.64. The first kappa shape index (κ1) is 45.2. The molecule has 0 aliphatic carbocycles. The molecule has 0 fully saturated rings. The molecule has 0 saturated heterocycles. The van der Waals surface area contributed by atoms with Crippen LogP contribution in [-0.4, -0.2) is 6.79 Å². The predicted molar refractivity (Wildman–Crippen MR) is 59.2 cm³/mol. The smallest absolute Gasteiger partial charge is 0.0230 e. The van der Waals surface area contributed by atoms with Crippen LogP contribution in [0.4, 0.5) is 0 Å². The molecule has 0 aliphatic heterocycles. The Kier molecular flexibility index (Phi) is 94.5. The van der Waals surface area contributed by atoms with E-state index < -0.39 is 0 Å². The van der Waals surface area contributed by atoms with Crippen molar-refractivity contribution >= 4 is 6.79 Å². The summed E-state index contributed by atoms with van der Waals surface area (Å²) in [6.45, 7) is 11.4. The van der Waals surface area contributed by atoms with Crippen LogP contribution in [0.1, 0.15) is 35.1 Å². The van der Waals surface area contributed by atoms with Crippen LogP contribution in [-0.2, 0) is 70.2 Å². The van der Waals surface area contributed by atoms with E-state index in [-0.39, 0.29) is 93.1 Å². The Morgan fingerprint density at radius 1 is 1.00 bits per heavy atom. The molecule has 0 aromatic rings. The minimum atomic E-state index is 0. The van der Waals surface area contributed by atoms with Crippen molar-refractivity contribution < 1.29 is 70.2 Å².